The quantitative estimate of drug-likeness (QED) is 0.719. The van der Waals surface area contributed by atoms with Crippen LogP contribution >= 0.6 is 11.6 Å². The second-order valence-corrected chi connectivity index (χ2v) is 2.88. The van der Waals surface area contributed by atoms with Crippen molar-refractivity contribution in [3.63, 3.8) is 0 Å². The Kier molecular flexibility index (Phi) is 2.86. The summed E-state index contributed by atoms with van der Waals surface area (Å²) < 4.78 is 36.5. The van der Waals surface area contributed by atoms with Gasteiger partial charge in [-0.25, -0.2) is 4.98 Å². The first-order valence-corrected chi connectivity index (χ1v) is 3.87. The van der Waals surface area contributed by atoms with Gasteiger partial charge < -0.3 is 10.8 Å². The van der Waals surface area contributed by atoms with E-state index in [9.17, 15) is 13.2 Å². The van der Waals surface area contributed by atoms with Crippen molar-refractivity contribution in [1.29, 1.82) is 0 Å². The van der Waals surface area contributed by atoms with Crippen LogP contribution in [0.25, 0.3) is 0 Å². The Morgan fingerprint density at radius 1 is 1.50 bits per heavy atom. The fourth-order valence-electron chi connectivity index (χ4n) is 0.850. The van der Waals surface area contributed by atoms with Crippen LogP contribution in [0, 0.1) is 0 Å². The Bertz CT molecular complexity index is 354. The van der Waals surface area contributed by atoms with Crippen LogP contribution in [0.4, 0.5) is 18.9 Å². The summed E-state index contributed by atoms with van der Waals surface area (Å²) in [7, 11) is 0. The maximum atomic E-state index is 12.2. The average molecular weight is 227 g/mol. The molecule has 1 heterocycles. The van der Waals surface area contributed by atoms with E-state index in [4.69, 9.17) is 22.4 Å². The second kappa shape index (κ2) is 3.62. The van der Waals surface area contributed by atoms with Gasteiger partial charge in [0.15, 0.2) is 5.15 Å². The molecule has 0 bridgehead atoms. The second-order valence-electron chi connectivity index (χ2n) is 2.53. The van der Waals surface area contributed by atoms with E-state index in [0.717, 1.165) is 0 Å². The normalized spacial score (nSPS) is 11.8. The van der Waals surface area contributed by atoms with Crippen molar-refractivity contribution in [1.82, 2.24) is 4.98 Å². The van der Waals surface area contributed by atoms with Crippen LogP contribution in [0.15, 0.2) is 6.07 Å². The highest BCUT2D eigenvalue weighted by Gasteiger charge is 2.33. The molecule has 0 fully saturated rings. The molecular formula is C7H6ClF3N2O. The number of rotatable bonds is 1. The van der Waals surface area contributed by atoms with Gasteiger partial charge in [-0.15, -0.1) is 0 Å². The van der Waals surface area contributed by atoms with Crippen molar-refractivity contribution in [2.24, 2.45) is 0 Å². The molecule has 7 heteroatoms. The van der Waals surface area contributed by atoms with Gasteiger partial charge in [0.25, 0.3) is 0 Å². The first-order valence-electron chi connectivity index (χ1n) is 3.49. The van der Waals surface area contributed by atoms with Crippen LogP contribution in [0.5, 0.6) is 0 Å². The molecule has 78 valence electrons. The molecule has 1 aromatic heterocycles. The molecule has 0 saturated heterocycles. The molecule has 0 atom stereocenters. The summed E-state index contributed by atoms with van der Waals surface area (Å²) in [5, 5.41) is 8.24. The molecular weight excluding hydrogens is 221 g/mol. The van der Waals surface area contributed by atoms with E-state index in [-0.39, 0.29) is 11.3 Å². The van der Waals surface area contributed by atoms with E-state index < -0.39 is 23.6 Å². The molecule has 0 aromatic carbocycles. The Hall–Kier alpha value is -1.01. The van der Waals surface area contributed by atoms with Crippen molar-refractivity contribution >= 4 is 17.3 Å². The summed E-state index contributed by atoms with van der Waals surface area (Å²) in [6.07, 6.45) is -4.60. The Balaban J connectivity index is 3.30. The zero-order valence-corrected chi connectivity index (χ0v) is 7.52. The predicted molar refractivity (Wildman–Crippen MR) is 44.6 cm³/mol. The Morgan fingerprint density at radius 3 is 2.50 bits per heavy atom. The third kappa shape index (κ3) is 2.08. The first kappa shape index (κ1) is 11.1. The Morgan fingerprint density at radius 2 is 2.07 bits per heavy atom. The van der Waals surface area contributed by atoms with Gasteiger partial charge in [-0.2, -0.15) is 13.2 Å². The Labute approximate surface area is 82.3 Å². The average Bonchev–Trinajstić information content (AvgIpc) is 2.07. The predicted octanol–water partition coefficient (Wildman–Crippen LogP) is 1.83. The largest absolute Gasteiger partial charge is 0.433 e. The van der Waals surface area contributed by atoms with Crippen LogP contribution in [-0.4, -0.2) is 10.1 Å². The zero-order chi connectivity index (χ0) is 10.9. The third-order valence-corrected chi connectivity index (χ3v) is 1.85. The van der Waals surface area contributed by atoms with Gasteiger partial charge in [0, 0.05) is 5.56 Å². The molecule has 0 amide bonds. The van der Waals surface area contributed by atoms with E-state index >= 15 is 0 Å². The molecule has 3 nitrogen and oxygen atoms in total. The van der Waals surface area contributed by atoms with E-state index in [1.165, 1.54) is 0 Å². The summed E-state index contributed by atoms with van der Waals surface area (Å²) >= 11 is 5.36. The first-order chi connectivity index (χ1) is 6.36. The van der Waals surface area contributed by atoms with Crippen molar-refractivity contribution < 1.29 is 18.3 Å². The minimum atomic E-state index is -4.60. The molecule has 3 N–H and O–H groups in total. The standard InChI is InChI=1S/C7H6ClF3N2O/c8-6-5(12)3(2-14)1-4(13-6)7(9,10)11/h1,14H,2,12H2. The maximum Gasteiger partial charge on any atom is 0.433 e. The van der Waals surface area contributed by atoms with Crippen LogP contribution in [0.2, 0.25) is 5.15 Å². The smallest absolute Gasteiger partial charge is 0.396 e. The third-order valence-electron chi connectivity index (χ3n) is 1.56. The summed E-state index contributed by atoms with van der Waals surface area (Å²) in [5.74, 6) is 0. The number of alkyl halides is 3. The number of anilines is 1. The number of nitrogens with zero attached hydrogens (tertiary/aromatic N) is 1. The van der Waals surface area contributed by atoms with Gasteiger partial charge in [-0.05, 0) is 6.07 Å². The fourth-order valence-corrected chi connectivity index (χ4v) is 1.06. The lowest BCUT2D eigenvalue weighted by Crippen LogP contribution is -2.10. The topological polar surface area (TPSA) is 59.1 Å². The summed E-state index contributed by atoms with van der Waals surface area (Å²) in [6.45, 7) is -0.614. The number of aliphatic hydroxyl groups is 1. The van der Waals surface area contributed by atoms with E-state index in [2.05, 4.69) is 4.98 Å². The van der Waals surface area contributed by atoms with Gasteiger partial charge in [-0.1, -0.05) is 11.6 Å². The molecule has 0 spiro atoms. The molecule has 1 aromatic rings. The molecule has 0 aliphatic rings. The lowest BCUT2D eigenvalue weighted by molar-refractivity contribution is -0.141. The zero-order valence-electron chi connectivity index (χ0n) is 6.77. The van der Waals surface area contributed by atoms with Gasteiger partial charge >= 0.3 is 6.18 Å². The molecule has 0 unspecified atom stereocenters. The number of nitrogen functional groups attached to an aromatic ring is 1. The fraction of sp³-hybridized carbons (Fsp3) is 0.286. The van der Waals surface area contributed by atoms with Gasteiger partial charge in [-0.3, -0.25) is 0 Å². The molecule has 0 saturated carbocycles. The molecule has 14 heavy (non-hydrogen) atoms. The highest BCUT2D eigenvalue weighted by molar-refractivity contribution is 6.32. The van der Waals surface area contributed by atoms with Crippen LogP contribution in [0.3, 0.4) is 0 Å². The van der Waals surface area contributed by atoms with Crippen LogP contribution in [-0.2, 0) is 12.8 Å². The van der Waals surface area contributed by atoms with Crippen molar-refractivity contribution in [2.45, 2.75) is 12.8 Å². The molecule has 0 aliphatic carbocycles. The van der Waals surface area contributed by atoms with Crippen molar-refractivity contribution in [3.8, 4) is 0 Å². The molecule has 1 rings (SSSR count). The summed E-state index contributed by atoms with van der Waals surface area (Å²) in [4.78, 5) is 3.06. The number of aliphatic hydroxyl groups excluding tert-OH is 1. The minimum Gasteiger partial charge on any atom is -0.396 e. The SMILES string of the molecule is Nc1c(CO)cc(C(F)(F)F)nc1Cl. The number of halogens is 4. The number of pyridine rings is 1. The van der Waals surface area contributed by atoms with Crippen LogP contribution in [0.1, 0.15) is 11.3 Å². The molecule has 0 aliphatic heterocycles. The number of hydrogen-bond acceptors (Lipinski definition) is 3. The lowest BCUT2D eigenvalue weighted by atomic mass is 10.2. The van der Waals surface area contributed by atoms with Crippen molar-refractivity contribution in [3.05, 3.63) is 22.5 Å². The molecule has 0 radical (unpaired) electrons. The number of hydrogen-bond donors (Lipinski definition) is 2. The van der Waals surface area contributed by atoms with E-state index in [1.54, 1.807) is 0 Å². The van der Waals surface area contributed by atoms with E-state index in [0.29, 0.717) is 6.07 Å². The lowest BCUT2D eigenvalue weighted by Gasteiger charge is -2.10. The minimum absolute atomic E-state index is 0.0858. The van der Waals surface area contributed by atoms with Crippen LogP contribution < -0.4 is 5.73 Å². The van der Waals surface area contributed by atoms with Gasteiger partial charge in [0.2, 0.25) is 0 Å². The van der Waals surface area contributed by atoms with Gasteiger partial charge in [0.05, 0.1) is 12.3 Å². The highest BCUT2D eigenvalue weighted by Crippen LogP contribution is 2.32. The van der Waals surface area contributed by atoms with Gasteiger partial charge in [0.1, 0.15) is 5.69 Å². The number of nitrogens with two attached hydrogens (primary N) is 1. The highest BCUT2D eigenvalue weighted by atomic mass is 35.5. The summed E-state index contributed by atoms with van der Waals surface area (Å²) in [6, 6.07) is 0.668. The monoisotopic (exact) mass is 226 g/mol. The maximum absolute atomic E-state index is 12.2. The number of aromatic nitrogens is 1. The summed E-state index contributed by atoms with van der Waals surface area (Å²) in [5.41, 5.74) is 3.89. The van der Waals surface area contributed by atoms with E-state index in [1.807, 2.05) is 0 Å². The van der Waals surface area contributed by atoms with Crippen molar-refractivity contribution in [2.75, 3.05) is 5.73 Å².